The lowest BCUT2D eigenvalue weighted by atomic mass is 9.96. The van der Waals surface area contributed by atoms with Crippen molar-refractivity contribution in [3.05, 3.63) is 12.2 Å². The van der Waals surface area contributed by atoms with Crippen molar-refractivity contribution in [1.82, 2.24) is 5.32 Å². The van der Waals surface area contributed by atoms with Crippen LogP contribution in [0.4, 0.5) is 0 Å². The van der Waals surface area contributed by atoms with E-state index in [0.29, 0.717) is 19.3 Å². The first-order valence-corrected chi connectivity index (χ1v) is 24.9. The summed E-state index contributed by atoms with van der Waals surface area (Å²) in [6.45, 7) is 1.56. The molecule has 0 saturated carbocycles. The third-order valence-corrected chi connectivity index (χ3v) is 12.8. The molecule has 3 aliphatic heterocycles. The molecule has 3 heterocycles. The highest BCUT2D eigenvalue weighted by Crippen LogP contribution is 2.33. The lowest BCUT2D eigenvalue weighted by molar-refractivity contribution is -0.379. The normalized spacial score (nSPS) is 33.9. The molecule has 66 heavy (non-hydrogen) atoms. The van der Waals surface area contributed by atoms with E-state index in [4.69, 9.17) is 28.4 Å². The van der Waals surface area contributed by atoms with Gasteiger partial charge >= 0.3 is 0 Å². The van der Waals surface area contributed by atoms with Crippen LogP contribution in [-0.2, 0) is 33.2 Å². The first-order chi connectivity index (χ1) is 31.8. The zero-order valence-corrected chi connectivity index (χ0v) is 39.4. The molecule has 3 fully saturated rings. The van der Waals surface area contributed by atoms with Crippen molar-refractivity contribution in [2.45, 2.75) is 253 Å². The van der Waals surface area contributed by atoms with E-state index in [-0.39, 0.29) is 18.9 Å². The second-order valence-corrected chi connectivity index (χ2v) is 18.3. The van der Waals surface area contributed by atoms with E-state index in [0.717, 1.165) is 44.9 Å². The van der Waals surface area contributed by atoms with Gasteiger partial charge in [-0.05, 0) is 38.5 Å². The fraction of sp³-hybridized carbons (Fsp3) is 0.936. The predicted molar refractivity (Wildman–Crippen MR) is 240 cm³/mol. The van der Waals surface area contributed by atoms with Gasteiger partial charge in [0.1, 0.15) is 73.2 Å². The molecule has 19 nitrogen and oxygen atoms in total. The lowest BCUT2D eigenvalue weighted by Crippen LogP contribution is -2.66. The highest BCUT2D eigenvalue weighted by molar-refractivity contribution is 5.76. The molecular formula is C47H87NO18. The van der Waals surface area contributed by atoms with Crippen molar-refractivity contribution in [2.24, 2.45) is 0 Å². The van der Waals surface area contributed by atoms with Gasteiger partial charge in [-0.15, -0.1) is 0 Å². The Labute approximate surface area is 391 Å². The van der Waals surface area contributed by atoms with Crippen molar-refractivity contribution in [3.63, 3.8) is 0 Å². The summed E-state index contributed by atoms with van der Waals surface area (Å²) in [5, 5.41) is 119. The van der Waals surface area contributed by atoms with E-state index in [1.54, 1.807) is 0 Å². The van der Waals surface area contributed by atoms with Crippen LogP contribution in [0.2, 0.25) is 0 Å². The highest BCUT2D eigenvalue weighted by atomic mass is 16.8. The zero-order valence-electron chi connectivity index (χ0n) is 39.4. The molecule has 0 aliphatic carbocycles. The largest absolute Gasteiger partial charge is 0.394 e. The molecule has 3 saturated heterocycles. The third kappa shape index (κ3) is 19.4. The van der Waals surface area contributed by atoms with Crippen LogP contribution >= 0.6 is 0 Å². The summed E-state index contributed by atoms with van der Waals surface area (Å²) in [5.74, 6) is -0.261. The van der Waals surface area contributed by atoms with Gasteiger partial charge in [-0.2, -0.15) is 0 Å². The number of carbonyl (C=O) groups excluding carboxylic acids is 1. The summed E-state index contributed by atoms with van der Waals surface area (Å²) in [4.78, 5) is 13.1. The van der Waals surface area contributed by atoms with Gasteiger partial charge in [0.2, 0.25) is 5.91 Å². The molecule has 388 valence electrons. The second-order valence-electron chi connectivity index (χ2n) is 18.3. The molecule has 19 heteroatoms. The van der Waals surface area contributed by atoms with Crippen LogP contribution in [0.5, 0.6) is 0 Å². The lowest BCUT2D eigenvalue weighted by Gasteiger charge is -2.48. The monoisotopic (exact) mass is 954 g/mol. The van der Waals surface area contributed by atoms with Gasteiger partial charge < -0.3 is 89.9 Å². The Kier molecular flexibility index (Phi) is 29.6. The van der Waals surface area contributed by atoms with Gasteiger partial charge in [-0.1, -0.05) is 116 Å². The van der Waals surface area contributed by atoms with Crippen LogP contribution in [0.25, 0.3) is 0 Å². The van der Waals surface area contributed by atoms with Gasteiger partial charge in [-0.25, -0.2) is 0 Å². The SMILES string of the molecule is CCCCCCCCC/C=C\CCCCCCCCCC(=O)NC(COC1OC(CO)C(OC2OC(CO)C(OC3OC(CO)C(O)C(O)C3O)C(O)C2O)C(O)C1O)C(O)CCCCC. The Morgan fingerprint density at radius 1 is 0.530 bits per heavy atom. The van der Waals surface area contributed by atoms with E-state index in [2.05, 4.69) is 24.4 Å². The molecule has 3 aliphatic rings. The number of hydrogen-bond donors (Lipinski definition) is 12. The summed E-state index contributed by atoms with van der Waals surface area (Å²) in [6.07, 6.45) is 0.141. The average molecular weight is 954 g/mol. The van der Waals surface area contributed by atoms with Crippen LogP contribution < -0.4 is 5.32 Å². The third-order valence-electron chi connectivity index (χ3n) is 12.8. The summed E-state index contributed by atoms with van der Waals surface area (Å²) >= 11 is 0. The Hall–Kier alpha value is -1.47. The second kappa shape index (κ2) is 33.2. The van der Waals surface area contributed by atoms with Crippen LogP contribution in [0.3, 0.4) is 0 Å². The van der Waals surface area contributed by atoms with Crippen molar-refractivity contribution in [1.29, 1.82) is 0 Å². The highest BCUT2D eigenvalue weighted by Gasteiger charge is 2.53. The Morgan fingerprint density at radius 2 is 0.955 bits per heavy atom. The van der Waals surface area contributed by atoms with Crippen molar-refractivity contribution >= 4 is 5.91 Å². The maximum atomic E-state index is 13.1. The van der Waals surface area contributed by atoms with Gasteiger partial charge in [-0.3, -0.25) is 4.79 Å². The molecule has 12 N–H and O–H groups in total. The smallest absolute Gasteiger partial charge is 0.220 e. The Balaban J connectivity index is 1.45. The first-order valence-electron chi connectivity index (χ1n) is 24.9. The maximum Gasteiger partial charge on any atom is 0.220 e. The number of allylic oxidation sites excluding steroid dienone is 2. The number of amides is 1. The molecule has 1 amide bonds. The molecule has 17 atom stereocenters. The molecule has 17 unspecified atom stereocenters. The molecule has 3 rings (SSSR count). The number of ether oxygens (including phenoxy) is 6. The topological polar surface area (TPSA) is 307 Å². The van der Waals surface area contributed by atoms with E-state index in [9.17, 15) is 61.0 Å². The average Bonchev–Trinajstić information content (AvgIpc) is 3.31. The van der Waals surface area contributed by atoms with Crippen LogP contribution in [0.1, 0.15) is 149 Å². The molecule has 0 radical (unpaired) electrons. The Morgan fingerprint density at radius 3 is 1.47 bits per heavy atom. The molecule has 0 spiro atoms. The summed E-state index contributed by atoms with van der Waals surface area (Å²) in [6, 6.07) is -0.880. The number of carbonyl (C=O) groups is 1. The minimum absolute atomic E-state index is 0.260. The molecule has 0 aromatic carbocycles. The number of unbranched alkanes of at least 4 members (excludes halogenated alkanes) is 16. The van der Waals surface area contributed by atoms with Gasteiger partial charge in [0.15, 0.2) is 18.9 Å². The van der Waals surface area contributed by atoms with Crippen molar-refractivity contribution in [2.75, 3.05) is 26.4 Å². The minimum Gasteiger partial charge on any atom is -0.394 e. The van der Waals surface area contributed by atoms with Crippen molar-refractivity contribution in [3.8, 4) is 0 Å². The molecule has 0 aromatic rings. The minimum atomic E-state index is -1.97. The fourth-order valence-corrected chi connectivity index (χ4v) is 8.60. The van der Waals surface area contributed by atoms with Gasteiger partial charge in [0.05, 0.1) is 38.6 Å². The van der Waals surface area contributed by atoms with Gasteiger partial charge in [0.25, 0.3) is 0 Å². The van der Waals surface area contributed by atoms with E-state index >= 15 is 0 Å². The fourth-order valence-electron chi connectivity index (χ4n) is 8.60. The van der Waals surface area contributed by atoms with Gasteiger partial charge in [0, 0.05) is 6.42 Å². The van der Waals surface area contributed by atoms with Crippen LogP contribution in [0, 0.1) is 0 Å². The summed E-state index contributed by atoms with van der Waals surface area (Å²) in [5.41, 5.74) is 0. The molecule has 0 aromatic heterocycles. The van der Waals surface area contributed by atoms with E-state index in [1.165, 1.54) is 64.2 Å². The first kappa shape index (κ1) is 58.8. The quantitative estimate of drug-likeness (QED) is 0.0317. The number of nitrogens with one attached hydrogen (secondary N) is 1. The standard InChI is InChI=1S/C47H87NO18/c1-3-5-7-8-9-10-11-12-13-14-15-16-17-18-19-20-21-23-25-35(53)48-30(31(52)24-22-6-4-2)29-61-45-41(59)38(56)43(33(27-50)63-45)66-47-42(60)39(57)44(34(28-51)64-47)65-46-40(58)37(55)36(54)32(26-49)62-46/h13-14,30-34,36-47,49-52,54-60H,3-12,15-29H2,1-2H3,(H,48,53)/b14-13-. The van der Waals surface area contributed by atoms with Crippen LogP contribution in [0.15, 0.2) is 12.2 Å². The predicted octanol–water partition coefficient (Wildman–Crippen LogP) is 1.09. The number of aliphatic hydroxyl groups excluding tert-OH is 11. The number of aliphatic hydroxyl groups is 11. The van der Waals surface area contributed by atoms with E-state index in [1.807, 2.05) is 6.92 Å². The maximum absolute atomic E-state index is 13.1. The summed E-state index contributed by atoms with van der Waals surface area (Å²) in [7, 11) is 0. The van der Waals surface area contributed by atoms with Crippen molar-refractivity contribution < 1.29 is 89.4 Å². The van der Waals surface area contributed by atoms with E-state index < -0.39 is 124 Å². The molecular weight excluding hydrogens is 867 g/mol. The Bertz CT molecular complexity index is 1280. The summed E-state index contributed by atoms with van der Waals surface area (Å²) < 4.78 is 33.9. The van der Waals surface area contributed by atoms with Crippen LogP contribution in [-0.4, -0.2) is 193 Å². The number of rotatable bonds is 34. The zero-order chi connectivity index (χ0) is 48.4. The molecule has 0 bridgehead atoms. The number of hydrogen-bond acceptors (Lipinski definition) is 18.